The number of hydrogen-bond acceptors (Lipinski definition) is 5. The van der Waals surface area contributed by atoms with Crippen molar-refractivity contribution in [3.8, 4) is 11.5 Å². The number of oxazole rings is 1. The monoisotopic (exact) mass is 507 g/mol. The molecule has 9 heteroatoms. The molecule has 0 saturated carbocycles. The Morgan fingerprint density at radius 2 is 1.97 bits per heavy atom. The second-order valence-corrected chi connectivity index (χ2v) is 6.42. The van der Waals surface area contributed by atoms with Gasteiger partial charge in [0.05, 0.1) is 13.1 Å². The number of halogens is 1. The molecular weight excluding hydrogens is 481 g/mol. The average Bonchev–Trinajstić information content (AvgIpc) is 3.30. The Morgan fingerprint density at radius 1 is 1.21 bits per heavy atom. The van der Waals surface area contributed by atoms with Crippen LogP contribution in [0.3, 0.4) is 0 Å². The van der Waals surface area contributed by atoms with Gasteiger partial charge in [-0.2, -0.15) is 0 Å². The van der Waals surface area contributed by atoms with Gasteiger partial charge in [-0.3, -0.25) is 0 Å². The van der Waals surface area contributed by atoms with Gasteiger partial charge in [-0.15, -0.1) is 40.8 Å². The molecule has 3 aromatic rings. The van der Waals surface area contributed by atoms with Crippen LogP contribution in [0.25, 0.3) is 11.5 Å². The molecule has 8 nitrogen and oxygen atoms in total. The molecule has 2 N–H and O–H groups in total. The molecular formula is C20H26IN7O. The Hall–Kier alpha value is -2.69. The lowest BCUT2D eigenvalue weighted by Crippen LogP contribution is -2.37. The van der Waals surface area contributed by atoms with Crippen molar-refractivity contribution < 1.29 is 4.42 Å². The zero-order valence-corrected chi connectivity index (χ0v) is 19.2. The average molecular weight is 507 g/mol. The highest BCUT2D eigenvalue weighted by Crippen LogP contribution is 2.19. The summed E-state index contributed by atoms with van der Waals surface area (Å²) in [5.74, 6) is 2.92. The summed E-state index contributed by atoms with van der Waals surface area (Å²) >= 11 is 0. The fourth-order valence-corrected chi connectivity index (χ4v) is 2.48. The van der Waals surface area contributed by atoms with Gasteiger partial charge < -0.3 is 19.6 Å². The highest BCUT2D eigenvalue weighted by molar-refractivity contribution is 14.0. The summed E-state index contributed by atoms with van der Waals surface area (Å²) in [7, 11) is 1.93. The van der Waals surface area contributed by atoms with E-state index in [0.29, 0.717) is 31.5 Å². The van der Waals surface area contributed by atoms with Gasteiger partial charge in [-0.05, 0) is 26.0 Å². The third-order valence-corrected chi connectivity index (χ3v) is 4.26. The Morgan fingerprint density at radius 3 is 2.62 bits per heavy atom. The first-order chi connectivity index (χ1) is 13.6. The lowest BCUT2D eigenvalue weighted by Gasteiger charge is -2.10. The molecule has 2 heterocycles. The largest absolute Gasteiger partial charge is 0.444 e. The normalized spacial score (nSPS) is 11.1. The predicted molar refractivity (Wildman–Crippen MR) is 124 cm³/mol. The quantitative estimate of drug-likeness (QED) is 0.221. The van der Waals surface area contributed by atoms with Crippen molar-refractivity contribution in [3.63, 3.8) is 0 Å². The van der Waals surface area contributed by atoms with E-state index in [4.69, 9.17) is 4.42 Å². The number of nitrogens with one attached hydrogen (secondary N) is 2. The SMILES string of the molecule is C=CCNC(=NCc1coc(-c2ccc(C)cc2)n1)NCc1nnc(C)n1C.I. The molecule has 0 unspecified atom stereocenters. The van der Waals surface area contributed by atoms with E-state index < -0.39 is 0 Å². The van der Waals surface area contributed by atoms with E-state index in [9.17, 15) is 0 Å². The predicted octanol–water partition coefficient (Wildman–Crippen LogP) is 3.13. The summed E-state index contributed by atoms with van der Waals surface area (Å²) in [5.41, 5.74) is 2.90. The fourth-order valence-electron chi connectivity index (χ4n) is 2.48. The van der Waals surface area contributed by atoms with Gasteiger partial charge in [-0.25, -0.2) is 9.98 Å². The van der Waals surface area contributed by atoms with Gasteiger partial charge in [0, 0.05) is 19.2 Å². The van der Waals surface area contributed by atoms with E-state index in [2.05, 4.69) is 37.4 Å². The number of aryl methyl sites for hydroxylation is 2. The zero-order chi connectivity index (χ0) is 19.9. The van der Waals surface area contributed by atoms with Crippen LogP contribution in [0.4, 0.5) is 0 Å². The third-order valence-electron chi connectivity index (χ3n) is 4.26. The molecule has 1 aromatic carbocycles. The Kier molecular flexibility index (Phi) is 8.37. The molecule has 154 valence electrons. The summed E-state index contributed by atoms with van der Waals surface area (Å²) < 4.78 is 7.53. The first-order valence-electron chi connectivity index (χ1n) is 9.06. The van der Waals surface area contributed by atoms with Gasteiger partial charge in [0.1, 0.15) is 17.8 Å². The number of benzene rings is 1. The fraction of sp³-hybridized carbons (Fsp3) is 0.300. The van der Waals surface area contributed by atoms with Gasteiger partial charge in [0.25, 0.3) is 0 Å². The van der Waals surface area contributed by atoms with E-state index in [1.807, 2.05) is 49.7 Å². The number of guanidine groups is 1. The number of aromatic nitrogens is 4. The molecule has 0 atom stereocenters. The van der Waals surface area contributed by atoms with Crippen LogP contribution in [-0.4, -0.2) is 32.3 Å². The van der Waals surface area contributed by atoms with E-state index in [1.54, 1.807) is 12.3 Å². The Labute approximate surface area is 187 Å². The number of aliphatic imine (C=N–C) groups is 1. The Bertz CT molecular complexity index is 960. The van der Waals surface area contributed by atoms with Crippen molar-refractivity contribution >= 4 is 29.9 Å². The lowest BCUT2D eigenvalue weighted by atomic mass is 10.1. The summed E-state index contributed by atoms with van der Waals surface area (Å²) in [6.45, 7) is 9.18. The topological polar surface area (TPSA) is 93.2 Å². The van der Waals surface area contributed by atoms with E-state index in [-0.39, 0.29) is 24.0 Å². The van der Waals surface area contributed by atoms with Crippen LogP contribution in [0.15, 0.2) is 52.6 Å². The Balaban J connectivity index is 0.00000300. The minimum absolute atomic E-state index is 0. The van der Waals surface area contributed by atoms with Crippen molar-refractivity contribution in [2.24, 2.45) is 12.0 Å². The van der Waals surface area contributed by atoms with Gasteiger partial charge in [-0.1, -0.05) is 23.8 Å². The summed E-state index contributed by atoms with van der Waals surface area (Å²) in [5, 5.41) is 14.6. The second-order valence-electron chi connectivity index (χ2n) is 6.42. The van der Waals surface area contributed by atoms with Crippen LogP contribution in [0.2, 0.25) is 0 Å². The van der Waals surface area contributed by atoms with Crippen LogP contribution in [0.1, 0.15) is 22.9 Å². The molecule has 0 fully saturated rings. The minimum atomic E-state index is 0. The highest BCUT2D eigenvalue weighted by Gasteiger charge is 2.08. The van der Waals surface area contributed by atoms with Crippen molar-refractivity contribution in [3.05, 3.63) is 66.1 Å². The molecule has 0 radical (unpaired) electrons. The molecule has 0 aliphatic heterocycles. The summed E-state index contributed by atoms with van der Waals surface area (Å²) in [6.07, 6.45) is 3.41. The highest BCUT2D eigenvalue weighted by atomic mass is 127. The van der Waals surface area contributed by atoms with Gasteiger partial charge in [0.2, 0.25) is 5.89 Å². The minimum Gasteiger partial charge on any atom is -0.444 e. The van der Waals surface area contributed by atoms with E-state index in [0.717, 1.165) is 22.9 Å². The first kappa shape index (κ1) is 22.6. The van der Waals surface area contributed by atoms with Gasteiger partial charge >= 0.3 is 0 Å². The number of nitrogens with zero attached hydrogens (tertiary/aromatic N) is 5. The van der Waals surface area contributed by atoms with Crippen molar-refractivity contribution in [2.45, 2.75) is 26.9 Å². The zero-order valence-electron chi connectivity index (χ0n) is 16.8. The lowest BCUT2D eigenvalue weighted by molar-refractivity contribution is 0.572. The molecule has 3 rings (SSSR count). The van der Waals surface area contributed by atoms with E-state index >= 15 is 0 Å². The standard InChI is InChI=1S/C20H25N7O.HI/c1-5-10-21-20(23-12-18-26-25-15(3)27(18)4)22-11-17-13-28-19(24-17)16-8-6-14(2)7-9-16;/h5-9,13H,1,10-12H2,2-4H3,(H2,21,22,23);1H. The van der Waals surface area contributed by atoms with Crippen LogP contribution < -0.4 is 10.6 Å². The van der Waals surface area contributed by atoms with Crippen molar-refractivity contribution in [1.29, 1.82) is 0 Å². The van der Waals surface area contributed by atoms with Crippen LogP contribution >= 0.6 is 24.0 Å². The number of rotatable bonds is 7. The maximum atomic E-state index is 5.59. The van der Waals surface area contributed by atoms with E-state index in [1.165, 1.54) is 5.56 Å². The summed E-state index contributed by atoms with van der Waals surface area (Å²) in [6, 6.07) is 8.06. The summed E-state index contributed by atoms with van der Waals surface area (Å²) in [4.78, 5) is 9.09. The van der Waals surface area contributed by atoms with Crippen LogP contribution in [0, 0.1) is 13.8 Å². The second kappa shape index (κ2) is 10.7. The van der Waals surface area contributed by atoms with Crippen LogP contribution in [-0.2, 0) is 20.1 Å². The molecule has 0 aliphatic rings. The van der Waals surface area contributed by atoms with Crippen molar-refractivity contribution in [1.82, 2.24) is 30.4 Å². The van der Waals surface area contributed by atoms with Crippen LogP contribution in [0.5, 0.6) is 0 Å². The molecule has 2 aromatic heterocycles. The van der Waals surface area contributed by atoms with Gasteiger partial charge in [0.15, 0.2) is 11.8 Å². The molecule has 29 heavy (non-hydrogen) atoms. The first-order valence-corrected chi connectivity index (χ1v) is 9.06. The third kappa shape index (κ3) is 6.14. The van der Waals surface area contributed by atoms with Crippen molar-refractivity contribution in [2.75, 3.05) is 6.54 Å². The smallest absolute Gasteiger partial charge is 0.226 e. The molecule has 0 saturated heterocycles. The molecule has 0 amide bonds. The maximum Gasteiger partial charge on any atom is 0.226 e. The molecule has 0 bridgehead atoms. The molecule has 0 spiro atoms. The maximum absolute atomic E-state index is 5.59. The number of hydrogen-bond donors (Lipinski definition) is 2. The molecule has 0 aliphatic carbocycles.